The fourth-order valence-corrected chi connectivity index (χ4v) is 7.85. The summed E-state index contributed by atoms with van der Waals surface area (Å²) in [6.07, 6.45) is 16.8. The lowest BCUT2D eigenvalue weighted by Crippen LogP contribution is -2.67. The number of hydrogen-bond acceptors (Lipinski definition) is 15. The highest BCUT2D eigenvalue weighted by Gasteiger charge is 2.55. The van der Waals surface area contributed by atoms with E-state index in [9.17, 15) is 44.7 Å². The number of aliphatic carboxylic acids is 1. The van der Waals surface area contributed by atoms with Gasteiger partial charge in [-0.05, 0) is 50.4 Å². The molecule has 19 heteroatoms. The quantitative estimate of drug-likeness (QED) is 0.0309. The van der Waals surface area contributed by atoms with E-state index in [1.807, 2.05) is 0 Å². The molecule has 8 N–H and O–H groups in total. The van der Waals surface area contributed by atoms with Gasteiger partial charge < -0.3 is 74.6 Å². The van der Waals surface area contributed by atoms with Gasteiger partial charge in [-0.25, -0.2) is 4.79 Å². The molecule has 0 aromatic carbocycles. The van der Waals surface area contributed by atoms with Crippen LogP contribution < -0.4 is 16.0 Å². The number of ether oxygens (including phenoxy) is 7. The van der Waals surface area contributed by atoms with Crippen LogP contribution in [-0.4, -0.2) is 178 Å². The van der Waals surface area contributed by atoms with Crippen LogP contribution in [0.4, 0.5) is 0 Å². The lowest BCUT2D eigenvalue weighted by atomic mass is 9.88. The Labute approximate surface area is 436 Å². The van der Waals surface area contributed by atoms with Gasteiger partial charge in [-0.2, -0.15) is 0 Å². The maximum absolute atomic E-state index is 12.2. The Balaban J connectivity index is 1.88. The summed E-state index contributed by atoms with van der Waals surface area (Å²) < 4.78 is 38.6. The van der Waals surface area contributed by atoms with E-state index in [0.29, 0.717) is 98.2 Å². The molecule has 422 valence electrons. The molecule has 1 heterocycles. The third-order valence-corrected chi connectivity index (χ3v) is 12.0. The minimum atomic E-state index is -2.37. The predicted octanol–water partition coefficient (Wildman–Crippen LogP) is 4.47. The van der Waals surface area contributed by atoms with Crippen LogP contribution >= 0.6 is 0 Å². The van der Waals surface area contributed by atoms with Crippen molar-refractivity contribution in [2.75, 3.05) is 92.4 Å². The van der Waals surface area contributed by atoms with Crippen molar-refractivity contribution in [3.63, 3.8) is 0 Å². The fourth-order valence-electron chi connectivity index (χ4n) is 7.85. The van der Waals surface area contributed by atoms with Gasteiger partial charge in [0.1, 0.15) is 18.3 Å². The number of rotatable bonds is 48. The van der Waals surface area contributed by atoms with Crippen LogP contribution in [-0.2, 0) is 52.3 Å². The summed E-state index contributed by atoms with van der Waals surface area (Å²) in [5.41, 5.74) is 0. The Bertz CT molecular complexity index is 1540. The van der Waals surface area contributed by atoms with Crippen LogP contribution in [0, 0.1) is 23.7 Å². The normalized spacial score (nSPS) is 18.2. The highest BCUT2D eigenvalue weighted by atomic mass is 16.7. The zero-order chi connectivity index (χ0) is 53.5. The Hall–Kier alpha value is -3.44. The van der Waals surface area contributed by atoms with Gasteiger partial charge in [0, 0.05) is 52.1 Å². The topological polar surface area (TPSA) is 270 Å². The summed E-state index contributed by atoms with van der Waals surface area (Å²) in [5, 5.41) is 58.4. The van der Waals surface area contributed by atoms with Crippen LogP contribution in [0.3, 0.4) is 0 Å². The number of carbonyl (C=O) groups excluding carboxylic acids is 3. The average molecular weight is 1040 g/mol. The first-order valence-corrected chi connectivity index (χ1v) is 27.3. The number of nitrogens with one attached hydrogen (secondary N) is 3. The molecule has 1 saturated heterocycles. The van der Waals surface area contributed by atoms with Gasteiger partial charge in [-0.1, -0.05) is 102 Å². The fraction of sp³-hybridized carbons (Fsp3) is 0.852. The van der Waals surface area contributed by atoms with Crippen LogP contribution in [0.15, 0.2) is 0 Å². The van der Waals surface area contributed by atoms with Crippen molar-refractivity contribution in [1.29, 1.82) is 0 Å². The van der Waals surface area contributed by atoms with Gasteiger partial charge >= 0.3 is 5.97 Å². The van der Waals surface area contributed by atoms with E-state index in [-0.39, 0.29) is 31.4 Å². The summed E-state index contributed by atoms with van der Waals surface area (Å²) in [5.74, 6) is 7.73. The lowest BCUT2D eigenvalue weighted by Gasteiger charge is -2.46. The van der Waals surface area contributed by atoms with E-state index < -0.39 is 61.1 Å². The van der Waals surface area contributed by atoms with Gasteiger partial charge in [0.05, 0.1) is 91.4 Å². The first-order chi connectivity index (χ1) is 35.5. The van der Waals surface area contributed by atoms with Crippen LogP contribution in [0.25, 0.3) is 0 Å². The second-order valence-corrected chi connectivity index (χ2v) is 18.5. The monoisotopic (exact) mass is 1040 g/mol. The van der Waals surface area contributed by atoms with Crippen molar-refractivity contribution in [2.45, 2.75) is 204 Å². The zero-order valence-electron chi connectivity index (χ0n) is 44.5. The molecule has 73 heavy (non-hydrogen) atoms. The van der Waals surface area contributed by atoms with Crippen molar-refractivity contribution >= 4 is 23.7 Å². The molecular formula is C54H95N3O16. The molecule has 1 rings (SSSR count). The summed E-state index contributed by atoms with van der Waals surface area (Å²) in [6, 6.07) is -1.27. The summed E-state index contributed by atoms with van der Waals surface area (Å²) in [7, 11) is 0. The number of unbranched alkanes of at least 4 members (excludes halogenated alkanes) is 18. The van der Waals surface area contributed by atoms with Crippen molar-refractivity contribution < 1.29 is 77.9 Å². The number of carboxylic acids is 1. The molecule has 3 amide bonds. The van der Waals surface area contributed by atoms with Gasteiger partial charge in [0.15, 0.2) is 0 Å². The highest BCUT2D eigenvalue weighted by molar-refractivity contribution is 5.77. The van der Waals surface area contributed by atoms with Crippen molar-refractivity contribution in [2.24, 2.45) is 0 Å². The number of aliphatic hydroxyl groups is 4. The van der Waals surface area contributed by atoms with E-state index in [2.05, 4.69) is 46.6 Å². The summed E-state index contributed by atoms with van der Waals surface area (Å²) in [6.45, 7) is 7.12. The first kappa shape index (κ1) is 67.6. The number of carboxylic acid groups (broad SMARTS) is 1. The second kappa shape index (κ2) is 47.0. The molecule has 0 saturated carbocycles. The Morgan fingerprint density at radius 2 is 1.07 bits per heavy atom. The summed E-state index contributed by atoms with van der Waals surface area (Å²) >= 11 is 0. The molecule has 0 radical (unpaired) electrons. The highest BCUT2D eigenvalue weighted by Crippen LogP contribution is 2.34. The van der Waals surface area contributed by atoms with E-state index in [1.54, 1.807) is 0 Å². The summed E-state index contributed by atoms with van der Waals surface area (Å²) in [4.78, 5) is 48.1. The van der Waals surface area contributed by atoms with Gasteiger partial charge in [-0.3, -0.25) is 14.4 Å². The lowest BCUT2D eigenvalue weighted by molar-refractivity contribution is -0.311. The molecule has 0 spiro atoms. The zero-order valence-corrected chi connectivity index (χ0v) is 44.5. The van der Waals surface area contributed by atoms with Crippen LogP contribution in [0.1, 0.15) is 168 Å². The molecule has 0 aromatic heterocycles. The van der Waals surface area contributed by atoms with E-state index >= 15 is 0 Å². The molecule has 0 aromatic rings. The molecule has 0 bridgehead atoms. The molecule has 1 aliphatic heterocycles. The molecule has 1 aliphatic rings. The number of aliphatic hydroxyl groups excluding tert-OH is 4. The average Bonchev–Trinajstić information content (AvgIpc) is 3.37. The minimum Gasteiger partial charge on any atom is -0.477 e. The van der Waals surface area contributed by atoms with E-state index in [0.717, 1.165) is 51.9 Å². The number of amides is 3. The molecular weight excluding hydrogens is 947 g/mol. The third-order valence-electron chi connectivity index (χ3n) is 12.0. The van der Waals surface area contributed by atoms with Crippen LogP contribution in [0.2, 0.25) is 0 Å². The molecule has 0 unspecified atom stereocenters. The second-order valence-electron chi connectivity index (χ2n) is 18.5. The molecule has 1 fully saturated rings. The standard InChI is InChI=1S/C54H95N3O16/c1-3-4-5-6-7-8-9-10-11-12-13-14-15-16-17-18-19-20-21-22-23-25-28-48(62)56-31-34-68-36-38-70-40-42-71-41-39-69-37-35-67-33-29-49(63)55-30-26-24-27-32-72-54(53(65)66)43-46(60)50(57-45(2)59)52(73-54)51(64)47(61)44-58/h46-47,50-52,58,60-61,64H,3-13,18-44H2,1-2H3,(H,55,63)(H,56,62)(H,57,59)(H,65,66)/t46-,47+,50+,51+,52+,54+/m0/s1. The predicted molar refractivity (Wildman–Crippen MR) is 276 cm³/mol. The largest absolute Gasteiger partial charge is 0.477 e. The third kappa shape index (κ3) is 37.0. The number of carbonyl (C=O) groups is 4. The van der Waals surface area contributed by atoms with Crippen LogP contribution in [0.5, 0.6) is 0 Å². The van der Waals surface area contributed by atoms with Gasteiger partial charge in [-0.15, -0.1) is 0 Å². The molecule has 0 aliphatic carbocycles. The molecule has 19 nitrogen and oxygen atoms in total. The van der Waals surface area contributed by atoms with Crippen molar-refractivity contribution in [1.82, 2.24) is 16.0 Å². The van der Waals surface area contributed by atoms with Crippen molar-refractivity contribution in [3.8, 4) is 23.7 Å². The minimum absolute atomic E-state index is 0.0589. The maximum atomic E-state index is 12.2. The molecule has 6 atom stereocenters. The van der Waals surface area contributed by atoms with Crippen molar-refractivity contribution in [3.05, 3.63) is 0 Å². The maximum Gasteiger partial charge on any atom is 0.364 e. The smallest absolute Gasteiger partial charge is 0.364 e. The van der Waals surface area contributed by atoms with E-state index in [4.69, 9.17) is 33.2 Å². The van der Waals surface area contributed by atoms with E-state index in [1.165, 1.54) is 70.6 Å². The van der Waals surface area contributed by atoms with Gasteiger partial charge in [0.2, 0.25) is 17.7 Å². The Kier molecular flexibility index (Phi) is 43.5. The van der Waals surface area contributed by atoms with Gasteiger partial charge in [0.25, 0.3) is 5.79 Å². The Morgan fingerprint density at radius 3 is 1.59 bits per heavy atom. The number of hydrogen-bond donors (Lipinski definition) is 8. The Morgan fingerprint density at radius 1 is 0.603 bits per heavy atom. The SMILES string of the molecule is CCCCCCCCCCCCC#CC#CCCCCCCCCC(=O)NCCOCCOCCOCCOCCOCCC(=O)NCCCCCO[C@]1(C(=O)O)C[C@H](O)[C@@H](NC(C)=O)[C@H]([C@H](O)[C@H](O)CO)O1. The first-order valence-electron chi connectivity index (χ1n) is 27.3.